The van der Waals surface area contributed by atoms with Crippen LogP contribution in [0.5, 0.6) is 0 Å². The molecule has 0 radical (unpaired) electrons. The van der Waals surface area contributed by atoms with Crippen LogP contribution >= 0.6 is 0 Å². The highest BCUT2D eigenvalue weighted by atomic mass is 16.2. The molecule has 2 aromatic rings. The van der Waals surface area contributed by atoms with E-state index in [-0.39, 0.29) is 5.91 Å². The minimum atomic E-state index is -0.215. The van der Waals surface area contributed by atoms with E-state index < -0.39 is 0 Å². The molecular formula is C19H22N6O. The molecule has 4 rings (SSSR count). The molecule has 0 unspecified atom stereocenters. The van der Waals surface area contributed by atoms with Crippen molar-refractivity contribution in [1.29, 1.82) is 0 Å². The molecule has 1 fully saturated rings. The van der Waals surface area contributed by atoms with Gasteiger partial charge in [-0.25, -0.2) is 15.4 Å². The maximum atomic E-state index is 12.3. The van der Waals surface area contributed by atoms with E-state index in [0.29, 0.717) is 22.9 Å². The highest BCUT2D eigenvalue weighted by Crippen LogP contribution is 2.24. The zero-order valence-electron chi connectivity index (χ0n) is 15.0. The molecule has 134 valence electrons. The van der Waals surface area contributed by atoms with Crippen LogP contribution in [-0.2, 0) is 11.2 Å². The summed E-state index contributed by atoms with van der Waals surface area (Å²) in [5.74, 6) is -0.215. The number of aryl methyl sites for hydroxylation is 1. The van der Waals surface area contributed by atoms with E-state index in [0.717, 1.165) is 24.4 Å². The molecule has 1 aliphatic carbocycles. The van der Waals surface area contributed by atoms with Gasteiger partial charge in [-0.3, -0.25) is 4.79 Å². The number of nitrogens with zero attached hydrogens (tertiary/aromatic N) is 3. The standard InChI is InChI=1S/C19H22N6O/c1-11-15(5-6-22-14-3-4-14)12(2)23-17(11)7-16-18(24-25-19(16)26)13-8-20-10-21-9-13/h7-10,14,22-23H,3-6H2,1-2H3,(H,25,26). The van der Waals surface area contributed by atoms with Gasteiger partial charge in [0.1, 0.15) is 12.0 Å². The minimum absolute atomic E-state index is 0.215. The third-order valence-corrected chi connectivity index (χ3v) is 4.91. The van der Waals surface area contributed by atoms with E-state index >= 15 is 0 Å². The highest BCUT2D eigenvalue weighted by Gasteiger charge is 2.25. The van der Waals surface area contributed by atoms with Crippen LogP contribution in [0.3, 0.4) is 0 Å². The monoisotopic (exact) mass is 350 g/mol. The molecule has 0 bridgehead atoms. The van der Waals surface area contributed by atoms with Crippen LogP contribution < -0.4 is 10.7 Å². The van der Waals surface area contributed by atoms with Crippen molar-refractivity contribution in [3.05, 3.63) is 52.4 Å². The zero-order valence-corrected chi connectivity index (χ0v) is 15.0. The summed E-state index contributed by atoms with van der Waals surface area (Å²) in [4.78, 5) is 23.7. The second kappa shape index (κ2) is 6.84. The molecule has 26 heavy (non-hydrogen) atoms. The lowest BCUT2D eigenvalue weighted by Gasteiger charge is -2.04. The summed E-state index contributed by atoms with van der Waals surface area (Å²) in [7, 11) is 0. The van der Waals surface area contributed by atoms with Crippen LogP contribution in [0.1, 0.15) is 40.9 Å². The van der Waals surface area contributed by atoms with Crippen LogP contribution in [0.4, 0.5) is 0 Å². The fourth-order valence-electron chi connectivity index (χ4n) is 3.28. The van der Waals surface area contributed by atoms with Crippen molar-refractivity contribution in [3.63, 3.8) is 0 Å². The maximum Gasteiger partial charge on any atom is 0.273 e. The number of hydrazone groups is 1. The second-order valence-corrected chi connectivity index (χ2v) is 6.83. The van der Waals surface area contributed by atoms with Crippen molar-refractivity contribution in [2.24, 2.45) is 5.10 Å². The van der Waals surface area contributed by atoms with Gasteiger partial charge in [-0.05, 0) is 56.9 Å². The lowest BCUT2D eigenvalue weighted by molar-refractivity contribution is -0.116. The number of H-pyrrole nitrogens is 1. The molecule has 0 spiro atoms. The van der Waals surface area contributed by atoms with Gasteiger partial charge < -0.3 is 10.3 Å². The number of rotatable bonds is 6. The SMILES string of the molecule is Cc1[nH]c(C=C2C(=O)NN=C2c2cncnc2)c(C)c1CCNC1CC1. The first-order valence-electron chi connectivity index (χ1n) is 8.90. The molecule has 2 aromatic heterocycles. The fraction of sp³-hybridized carbons (Fsp3) is 0.368. The molecule has 1 amide bonds. The lowest BCUT2D eigenvalue weighted by Crippen LogP contribution is -2.19. The Morgan fingerprint density at radius 2 is 2.04 bits per heavy atom. The Morgan fingerprint density at radius 3 is 2.77 bits per heavy atom. The highest BCUT2D eigenvalue weighted by molar-refractivity contribution is 6.33. The summed E-state index contributed by atoms with van der Waals surface area (Å²) in [5, 5.41) is 7.70. The van der Waals surface area contributed by atoms with Crippen LogP contribution in [0.25, 0.3) is 6.08 Å². The summed E-state index contributed by atoms with van der Waals surface area (Å²) in [6.45, 7) is 5.16. The minimum Gasteiger partial charge on any atom is -0.359 e. The normalized spacial score (nSPS) is 18.3. The van der Waals surface area contributed by atoms with Gasteiger partial charge in [0.15, 0.2) is 0 Å². The van der Waals surface area contributed by atoms with Gasteiger partial charge in [-0.2, -0.15) is 5.10 Å². The van der Waals surface area contributed by atoms with E-state index in [1.165, 1.54) is 30.3 Å². The van der Waals surface area contributed by atoms with E-state index in [4.69, 9.17) is 0 Å². The summed E-state index contributed by atoms with van der Waals surface area (Å²) in [5.41, 5.74) is 8.92. The molecule has 7 heteroatoms. The Balaban J connectivity index is 1.60. The quantitative estimate of drug-likeness (QED) is 0.690. The fourth-order valence-corrected chi connectivity index (χ4v) is 3.28. The topological polar surface area (TPSA) is 95.1 Å². The zero-order chi connectivity index (χ0) is 18.1. The summed E-state index contributed by atoms with van der Waals surface area (Å²) >= 11 is 0. The van der Waals surface area contributed by atoms with E-state index in [1.54, 1.807) is 12.4 Å². The molecule has 2 aliphatic rings. The number of nitrogens with one attached hydrogen (secondary N) is 3. The van der Waals surface area contributed by atoms with Crippen molar-refractivity contribution in [2.45, 2.75) is 39.2 Å². The van der Waals surface area contributed by atoms with Crippen LogP contribution in [0, 0.1) is 13.8 Å². The molecule has 3 N–H and O–H groups in total. The largest absolute Gasteiger partial charge is 0.359 e. The van der Waals surface area contributed by atoms with Gasteiger partial charge in [0.2, 0.25) is 0 Å². The van der Waals surface area contributed by atoms with Crippen LogP contribution in [-0.4, -0.2) is 39.2 Å². The van der Waals surface area contributed by atoms with Crippen molar-refractivity contribution in [3.8, 4) is 0 Å². The maximum absolute atomic E-state index is 12.3. The van der Waals surface area contributed by atoms with E-state index in [2.05, 4.69) is 44.6 Å². The molecule has 1 aliphatic heterocycles. The third-order valence-electron chi connectivity index (χ3n) is 4.91. The Morgan fingerprint density at radius 1 is 1.27 bits per heavy atom. The summed E-state index contributed by atoms with van der Waals surface area (Å²) < 4.78 is 0. The number of carbonyl (C=O) groups excluding carboxylic acids is 1. The van der Waals surface area contributed by atoms with Crippen LogP contribution in [0.15, 0.2) is 29.4 Å². The molecule has 0 atom stereocenters. The van der Waals surface area contributed by atoms with Gasteiger partial charge in [0, 0.05) is 35.4 Å². The number of hydrogen-bond donors (Lipinski definition) is 3. The van der Waals surface area contributed by atoms with Crippen molar-refractivity contribution in [2.75, 3.05) is 6.54 Å². The molecule has 0 saturated heterocycles. The lowest BCUT2D eigenvalue weighted by atomic mass is 10.0. The van der Waals surface area contributed by atoms with Gasteiger partial charge in [-0.15, -0.1) is 0 Å². The van der Waals surface area contributed by atoms with Crippen molar-refractivity contribution in [1.82, 2.24) is 25.7 Å². The van der Waals surface area contributed by atoms with Gasteiger partial charge in [0.05, 0.1) is 5.57 Å². The van der Waals surface area contributed by atoms with Gasteiger partial charge in [-0.1, -0.05) is 0 Å². The van der Waals surface area contributed by atoms with E-state index in [1.807, 2.05) is 6.08 Å². The first-order valence-corrected chi connectivity index (χ1v) is 8.90. The van der Waals surface area contributed by atoms with Crippen molar-refractivity contribution >= 4 is 17.7 Å². The second-order valence-electron chi connectivity index (χ2n) is 6.83. The molecule has 3 heterocycles. The van der Waals surface area contributed by atoms with Gasteiger partial charge >= 0.3 is 0 Å². The van der Waals surface area contributed by atoms with E-state index in [9.17, 15) is 4.79 Å². The molecule has 0 aromatic carbocycles. The summed E-state index contributed by atoms with van der Waals surface area (Å²) in [6, 6.07) is 0.713. The predicted molar refractivity (Wildman–Crippen MR) is 99.7 cm³/mol. The Labute approximate surface area is 152 Å². The molecule has 1 saturated carbocycles. The Hall–Kier alpha value is -2.80. The Kier molecular flexibility index (Phi) is 4.38. The third kappa shape index (κ3) is 3.30. The number of amides is 1. The number of carbonyl (C=O) groups is 1. The average molecular weight is 350 g/mol. The molecule has 7 nitrogen and oxygen atoms in total. The average Bonchev–Trinajstić information content (AvgIpc) is 3.35. The number of aromatic nitrogens is 3. The van der Waals surface area contributed by atoms with Crippen LogP contribution in [0.2, 0.25) is 0 Å². The first kappa shape index (κ1) is 16.7. The number of aromatic amines is 1. The molecular weight excluding hydrogens is 328 g/mol. The smallest absolute Gasteiger partial charge is 0.273 e. The summed E-state index contributed by atoms with van der Waals surface area (Å²) in [6.07, 6.45) is 10.2. The first-order chi connectivity index (χ1) is 12.6. The number of hydrogen-bond acceptors (Lipinski definition) is 5. The van der Waals surface area contributed by atoms with Crippen molar-refractivity contribution < 1.29 is 4.79 Å². The van der Waals surface area contributed by atoms with Gasteiger partial charge in [0.25, 0.3) is 5.91 Å². The Bertz CT molecular complexity index is 892. The predicted octanol–water partition coefficient (Wildman–Crippen LogP) is 1.63.